The zero-order valence-electron chi connectivity index (χ0n) is 12.9. The van der Waals surface area contributed by atoms with E-state index in [1.54, 1.807) is 6.07 Å². The monoisotopic (exact) mass is 305 g/mol. The Morgan fingerprint density at radius 1 is 1.14 bits per heavy atom. The summed E-state index contributed by atoms with van der Waals surface area (Å²) in [5, 5.41) is 0. The van der Waals surface area contributed by atoms with E-state index in [2.05, 4.69) is 9.80 Å². The summed E-state index contributed by atoms with van der Waals surface area (Å²) in [6.07, 6.45) is 4.64. The first-order valence-electron chi connectivity index (χ1n) is 8.40. The van der Waals surface area contributed by atoms with Crippen molar-refractivity contribution in [1.82, 2.24) is 4.90 Å². The predicted octanol–water partition coefficient (Wildman–Crippen LogP) is 2.67. The second-order valence-corrected chi connectivity index (χ2v) is 6.88. The zero-order valence-corrected chi connectivity index (χ0v) is 12.9. The highest BCUT2D eigenvalue weighted by Gasteiger charge is 2.38. The second-order valence-electron chi connectivity index (χ2n) is 6.88. The molecule has 0 spiro atoms. The van der Waals surface area contributed by atoms with Gasteiger partial charge in [-0.25, -0.2) is 5.54 Å². The zero-order chi connectivity index (χ0) is 14.9. The van der Waals surface area contributed by atoms with E-state index in [4.69, 9.17) is 4.74 Å². The molecule has 4 fully saturated rings. The first-order chi connectivity index (χ1) is 10.8. The van der Waals surface area contributed by atoms with Gasteiger partial charge >= 0.3 is 0 Å². The molecule has 5 heteroatoms. The van der Waals surface area contributed by atoms with Gasteiger partial charge < -0.3 is 9.64 Å². The van der Waals surface area contributed by atoms with Gasteiger partial charge in [-0.2, -0.15) is 0 Å². The Hall–Kier alpha value is -1.33. The first-order valence-corrected chi connectivity index (χ1v) is 8.40. The highest BCUT2D eigenvalue weighted by atomic mass is 19.2. The van der Waals surface area contributed by atoms with Crippen molar-refractivity contribution in [3.05, 3.63) is 24.3 Å². The fourth-order valence-corrected chi connectivity index (χ4v) is 4.14. The molecule has 4 heterocycles. The van der Waals surface area contributed by atoms with Gasteiger partial charge in [0.2, 0.25) is 0 Å². The number of para-hydroxylation sites is 2. The summed E-state index contributed by atoms with van der Waals surface area (Å²) >= 11 is 0. The fraction of sp³-hybridized carbons (Fsp3) is 0.647. The molecule has 1 aromatic carbocycles. The van der Waals surface area contributed by atoms with Crippen LogP contribution in [0.25, 0.3) is 0 Å². The normalized spacial score (nSPS) is 29.2. The molecule has 0 radical (unpaired) electrons. The fourth-order valence-electron chi connectivity index (χ4n) is 4.14. The lowest BCUT2D eigenvalue weighted by Crippen LogP contribution is -2.58. The van der Waals surface area contributed by atoms with Crippen LogP contribution in [0.15, 0.2) is 24.3 Å². The van der Waals surface area contributed by atoms with Crippen LogP contribution in [0.2, 0.25) is 0 Å². The van der Waals surface area contributed by atoms with Crippen molar-refractivity contribution in [2.45, 2.75) is 31.5 Å². The van der Waals surface area contributed by atoms with Crippen LogP contribution in [0, 0.1) is 5.92 Å². The van der Waals surface area contributed by atoms with E-state index >= 15 is 0 Å². The van der Waals surface area contributed by atoms with Crippen molar-refractivity contribution in [2.75, 3.05) is 43.2 Å². The van der Waals surface area contributed by atoms with E-state index in [1.165, 1.54) is 25.8 Å². The second kappa shape index (κ2) is 6.05. The summed E-state index contributed by atoms with van der Waals surface area (Å²) in [6.45, 7) is 5.46. The Kier molecular flexibility index (Phi) is 3.92. The topological polar surface area (TPSA) is 27.7 Å². The van der Waals surface area contributed by atoms with Crippen LogP contribution in [-0.2, 0) is 4.74 Å². The van der Waals surface area contributed by atoms with E-state index in [9.17, 15) is 4.48 Å². The quantitative estimate of drug-likeness (QED) is 0.866. The maximum atomic E-state index is 12.9. The lowest BCUT2D eigenvalue weighted by molar-refractivity contribution is -0.182. The minimum Gasteiger partial charge on any atom is -0.372 e. The minimum absolute atomic E-state index is 0.501. The number of nitrogens with zero attached hydrogens (tertiary/aromatic N) is 2. The van der Waals surface area contributed by atoms with Gasteiger partial charge in [0.1, 0.15) is 0 Å². The smallest absolute Gasteiger partial charge is 0.0889 e. The van der Waals surface area contributed by atoms with Crippen LogP contribution in [0.4, 0.5) is 15.9 Å². The Morgan fingerprint density at radius 3 is 2.50 bits per heavy atom. The summed E-state index contributed by atoms with van der Waals surface area (Å²) in [7, 11) is 0. The lowest BCUT2D eigenvalue weighted by Gasteiger charge is -2.48. The van der Waals surface area contributed by atoms with Crippen molar-refractivity contribution in [3.63, 3.8) is 0 Å². The Balaban J connectivity index is 1.30. The van der Waals surface area contributed by atoms with Gasteiger partial charge in [-0.3, -0.25) is 4.90 Å². The molecule has 5 rings (SSSR count). The largest absolute Gasteiger partial charge is 0.372 e. The van der Waals surface area contributed by atoms with Gasteiger partial charge in [0.25, 0.3) is 0 Å². The SMILES string of the molecule is FNc1ccccc1N1CCC(CN2CC3CC(C2)O3)CC1. The number of morpholine rings is 1. The van der Waals surface area contributed by atoms with Crippen LogP contribution >= 0.6 is 0 Å². The van der Waals surface area contributed by atoms with Crippen LogP contribution in [0.3, 0.4) is 0 Å². The number of benzene rings is 1. The van der Waals surface area contributed by atoms with Crippen LogP contribution < -0.4 is 10.4 Å². The minimum atomic E-state index is 0.501. The summed E-state index contributed by atoms with van der Waals surface area (Å²) in [6, 6.07) is 7.63. The Bertz CT molecular complexity index is 502. The molecule has 0 saturated carbocycles. The number of nitrogens with one attached hydrogen (secondary N) is 1. The molecule has 4 saturated heterocycles. The summed E-state index contributed by atoms with van der Waals surface area (Å²) in [4.78, 5) is 4.88. The number of halogens is 1. The molecule has 0 aromatic heterocycles. The lowest BCUT2D eigenvalue weighted by atomic mass is 9.92. The number of rotatable bonds is 4. The van der Waals surface area contributed by atoms with E-state index in [-0.39, 0.29) is 0 Å². The highest BCUT2D eigenvalue weighted by molar-refractivity contribution is 5.69. The van der Waals surface area contributed by atoms with Gasteiger partial charge in [-0.05, 0) is 30.9 Å². The molecule has 0 amide bonds. The maximum Gasteiger partial charge on any atom is 0.0889 e. The molecule has 4 aliphatic rings. The third kappa shape index (κ3) is 2.79. The van der Waals surface area contributed by atoms with Gasteiger partial charge in [0.15, 0.2) is 0 Å². The summed E-state index contributed by atoms with van der Waals surface area (Å²) in [5.41, 5.74) is 3.38. The molecule has 22 heavy (non-hydrogen) atoms. The number of hydrogen-bond acceptors (Lipinski definition) is 4. The molecule has 4 nitrogen and oxygen atoms in total. The average molecular weight is 305 g/mol. The van der Waals surface area contributed by atoms with Gasteiger partial charge in [0, 0.05) is 39.1 Å². The van der Waals surface area contributed by atoms with Crippen LogP contribution in [-0.4, -0.2) is 49.8 Å². The highest BCUT2D eigenvalue weighted by Crippen LogP contribution is 2.32. The summed E-state index contributed by atoms with van der Waals surface area (Å²) < 4.78 is 18.6. The molecule has 1 aromatic rings. The molecule has 1 N–H and O–H groups in total. The number of hydrogen-bond donors (Lipinski definition) is 1. The number of ether oxygens (including phenoxy) is 1. The third-order valence-corrected chi connectivity index (χ3v) is 5.31. The van der Waals surface area contributed by atoms with E-state index in [1.807, 2.05) is 23.7 Å². The molecular weight excluding hydrogens is 281 g/mol. The van der Waals surface area contributed by atoms with E-state index < -0.39 is 0 Å². The van der Waals surface area contributed by atoms with Gasteiger partial charge in [0.05, 0.1) is 23.6 Å². The molecule has 2 atom stereocenters. The molecule has 2 bridgehead atoms. The molecule has 2 unspecified atom stereocenters. The van der Waals surface area contributed by atoms with Crippen molar-refractivity contribution >= 4 is 11.4 Å². The van der Waals surface area contributed by atoms with Crippen molar-refractivity contribution in [1.29, 1.82) is 0 Å². The van der Waals surface area contributed by atoms with Gasteiger partial charge in [-0.15, -0.1) is 4.48 Å². The average Bonchev–Trinajstić information content (AvgIpc) is 2.55. The number of fused-ring (bicyclic) bond motifs is 2. The summed E-state index contributed by atoms with van der Waals surface area (Å²) in [5.74, 6) is 0.763. The van der Waals surface area contributed by atoms with Crippen molar-refractivity contribution in [2.24, 2.45) is 5.92 Å². The third-order valence-electron chi connectivity index (χ3n) is 5.31. The molecule has 4 aliphatic heterocycles. The van der Waals surface area contributed by atoms with Crippen molar-refractivity contribution in [3.8, 4) is 0 Å². The molecular formula is C17H24FN3O. The van der Waals surface area contributed by atoms with Crippen LogP contribution in [0.5, 0.6) is 0 Å². The van der Waals surface area contributed by atoms with Crippen LogP contribution in [0.1, 0.15) is 19.3 Å². The number of piperidine rings is 2. The van der Waals surface area contributed by atoms with Crippen molar-refractivity contribution < 1.29 is 9.22 Å². The predicted molar refractivity (Wildman–Crippen MR) is 85.8 cm³/mol. The first kappa shape index (κ1) is 14.3. The number of anilines is 2. The molecule has 120 valence electrons. The molecule has 0 aliphatic carbocycles. The van der Waals surface area contributed by atoms with E-state index in [0.717, 1.165) is 37.8 Å². The standard InChI is InChI=1S/C17H24FN3O/c18-19-16-3-1-2-4-17(16)21-7-5-13(6-8-21)10-20-11-14-9-15(12-20)22-14/h1-4,13-15,19H,5-12H2. The Labute approximate surface area is 131 Å². The van der Waals surface area contributed by atoms with E-state index in [0.29, 0.717) is 17.9 Å². The maximum absolute atomic E-state index is 12.9. The van der Waals surface area contributed by atoms with Gasteiger partial charge in [-0.1, -0.05) is 12.1 Å². The Morgan fingerprint density at radius 2 is 1.82 bits per heavy atom.